The third-order valence-corrected chi connectivity index (χ3v) is 5.08. The summed E-state index contributed by atoms with van der Waals surface area (Å²) in [7, 11) is 4.38. The smallest absolute Gasteiger partial charge is 0.333 e. The Balaban J connectivity index is 2.07. The minimum absolute atomic E-state index is 0.0738. The van der Waals surface area contributed by atoms with E-state index in [0.29, 0.717) is 29.6 Å². The van der Waals surface area contributed by atoms with Crippen molar-refractivity contribution in [2.45, 2.75) is 39.2 Å². The van der Waals surface area contributed by atoms with Crippen molar-refractivity contribution in [3.63, 3.8) is 0 Å². The van der Waals surface area contributed by atoms with Crippen LogP contribution in [0.5, 0.6) is 17.2 Å². The number of carbonyl (C=O) groups is 2. The standard InChI is InChI=1S/C25H33NO6/c1-6-7-17(2)16-32-20-11-9-19(10-12-20)24(25(28)31-5)26-23(27)15-18-8-13-21(29-3)22(14-18)30-4/h8-14,17,24H,6-7,15-16H2,1-5H3,(H,26,27)/t17?,24-/m1/s1. The fraction of sp³-hybridized carbons (Fsp3) is 0.440. The van der Waals surface area contributed by atoms with Gasteiger partial charge in [0.05, 0.1) is 34.4 Å². The number of rotatable bonds is 12. The molecule has 0 aliphatic rings. The van der Waals surface area contributed by atoms with E-state index in [1.807, 2.05) is 0 Å². The zero-order valence-electron chi connectivity index (χ0n) is 19.5. The Labute approximate surface area is 190 Å². The van der Waals surface area contributed by atoms with Crippen LogP contribution in [-0.2, 0) is 20.7 Å². The predicted octanol–water partition coefficient (Wildman–Crippen LogP) is 4.09. The van der Waals surface area contributed by atoms with E-state index in [1.165, 1.54) is 14.2 Å². The van der Waals surface area contributed by atoms with E-state index in [4.69, 9.17) is 18.9 Å². The highest BCUT2D eigenvalue weighted by atomic mass is 16.5. The van der Waals surface area contributed by atoms with E-state index in [9.17, 15) is 9.59 Å². The van der Waals surface area contributed by atoms with Crippen molar-refractivity contribution < 1.29 is 28.5 Å². The van der Waals surface area contributed by atoms with Gasteiger partial charge >= 0.3 is 5.97 Å². The van der Waals surface area contributed by atoms with Crippen molar-refractivity contribution in [1.82, 2.24) is 5.32 Å². The lowest BCUT2D eigenvalue weighted by Gasteiger charge is -2.18. The molecule has 2 aromatic carbocycles. The summed E-state index contributed by atoms with van der Waals surface area (Å²) in [6.07, 6.45) is 2.30. The second kappa shape index (κ2) is 12.6. The van der Waals surface area contributed by atoms with Crippen molar-refractivity contribution in [2.24, 2.45) is 5.92 Å². The van der Waals surface area contributed by atoms with Gasteiger partial charge in [0, 0.05) is 0 Å². The molecule has 0 saturated heterocycles. The van der Waals surface area contributed by atoms with Crippen LogP contribution in [0.4, 0.5) is 0 Å². The number of hydrogen-bond acceptors (Lipinski definition) is 6. The summed E-state index contributed by atoms with van der Waals surface area (Å²) >= 11 is 0. The monoisotopic (exact) mass is 443 g/mol. The van der Waals surface area contributed by atoms with E-state index in [1.54, 1.807) is 49.6 Å². The third-order valence-electron chi connectivity index (χ3n) is 5.08. The first kappa shape index (κ1) is 25.0. The summed E-state index contributed by atoms with van der Waals surface area (Å²) < 4.78 is 21.2. The summed E-state index contributed by atoms with van der Waals surface area (Å²) in [5.74, 6) is 1.44. The zero-order valence-corrected chi connectivity index (χ0v) is 19.5. The maximum absolute atomic E-state index is 12.7. The molecule has 0 aliphatic carbocycles. The van der Waals surface area contributed by atoms with Crippen LogP contribution in [0.2, 0.25) is 0 Å². The predicted molar refractivity (Wildman–Crippen MR) is 122 cm³/mol. The van der Waals surface area contributed by atoms with E-state index in [-0.39, 0.29) is 12.3 Å². The van der Waals surface area contributed by atoms with Gasteiger partial charge in [-0.2, -0.15) is 0 Å². The average molecular weight is 444 g/mol. The van der Waals surface area contributed by atoms with Gasteiger partial charge in [-0.05, 0) is 47.7 Å². The number of methoxy groups -OCH3 is 3. The second-order valence-corrected chi connectivity index (χ2v) is 7.66. The maximum atomic E-state index is 12.7. The van der Waals surface area contributed by atoms with Crippen molar-refractivity contribution in [1.29, 1.82) is 0 Å². The molecule has 0 heterocycles. The van der Waals surface area contributed by atoms with Crippen LogP contribution in [-0.4, -0.2) is 39.8 Å². The Bertz CT molecular complexity index is 881. The fourth-order valence-electron chi connectivity index (χ4n) is 3.36. The van der Waals surface area contributed by atoms with Gasteiger partial charge in [-0.3, -0.25) is 4.79 Å². The highest BCUT2D eigenvalue weighted by molar-refractivity contribution is 5.86. The van der Waals surface area contributed by atoms with E-state index in [2.05, 4.69) is 19.2 Å². The number of ether oxygens (including phenoxy) is 4. The first-order chi connectivity index (χ1) is 15.4. The molecule has 0 fully saturated rings. The maximum Gasteiger partial charge on any atom is 0.333 e. The normalized spacial score (nSPS) is 12.4. The van der Waals surface area contributed by atoms with Gasteiger partial charge in [0.1, 0.15) is 5.75 Å². The summed E-state index contributed by atoms with van der Waals surface area (Å²) in [4.78, 5) is 25.0. The summed E-state index contributed by atoms with van der Waals surface area (Å²) in [6.45, 7) is 4.94. The molecule has 7 nitrogen and oxygen atoms in total. The highest BCUT2D eigenvalue weighted by Crippen LogP contribution is 2.28. The molecule has 1 amide bonds. The minimum Gasteiger partial charge on any atom is -0.493 e. The number of carbonyl (C=O) groups excluding carboxylic acids is 2. The van der Waals surface area contributed by atoms with Gasteiger partial charge < -0.3 is 24.3 Å². The summed E-state index contributed by atoms with van der Waals surface area (Å²) in [5.41, 5.74) is 1.35. The molecular formula is C25H33NO6. The molecule has 0 bridgehead atoms. The molecule has 2 atom stereocenters. The van der Waals surface area contributed by atoms with Crippen LogP contribution in [0, 0.1) is 5.92 Å². The largest absolute Gasteiger partial charge is 0.493 e. The summed E-state index contributed by atoms with van der Waals surface area (Å²) in [5, 5.41) is 2.76. The van der Waals surface area contributed by atoms with Gasteiger partial charge in [0.2, 0.25) is 5.91 Å². The summed E-state index contributed by atoms with van der Waals surface area (Å²) in [6, 6.07) is 11.4. The molecule has 0 radical (unpaired) electrons. The first-order valence-corrected chi connectivity index (χ1v) is 10.7. The number of esters is 1. The van der Waals surface area contributed by atoms with Crippen LogP contribution in [0.3, 0.4) is 0 Å². The van der Waals surface area contributed by atoms with Crippen LogP contribution in [0.25, 0.3) is 0 Å². The Morgan fingerprint density at radius 1 is 0.969 bits per heavy atom. The Morgan fingerprint density at radius 2 is 1.66 bits per heavy atom. The molecule has 1 unspecified atom stereocenters. The van der Waals surface area contributed by atoms with Crippen molar-refractivity contribution in [3.05, 3.63) is 53.6 Å². The third kappa shape index (κ3) is 7.18. The zero-order chi connectivity index (χ0) is 23.5. The van der Waals surface area contributed by atoms with E-state index >= 15 is 0 Å². The van der Waals surface area contributed by atoms with Gasteiger partial charge in [-0.1, -0.05) is 38.5 Å². The van der Waals surface area contributed by atoms with Crippen LogP contribution in [0.1, 0.15) is 43.9 Å². The lowest BCUT2D eigenvalue weighted by atomic mass is 10.1. The molecule has 0 aliphatic heterocycles. The topological polar surface area (TPSA) is 83.1 Å². The Kier molecular flexibility index (Phi) is 9.85. The number of amides is 1. The van der Waals surface area contributed by atoms with Crippen LogP contribution in [0.15, 0.2) is 42.5 Å². The lowest BCUT2D eigenvalue weighted by Crippen LogP contribution is -2.35. The van der Waals surface area contributed by atoms with Gasteiger partial charge in [0.15, 0.2) is 17.5 Å². The Hall–Kier alpha value is -3.22. The SMILES string of the molecule is CCCC(C)COc1ccc([C@@H](NC(=O)Cc2ccc(OC)c(OC)c2)C(=O)OC)cc1. The van der Waals surface area contributed by atoms with Crippen LogP contribution < -0.4 is 19.5 Å². The van der Waals surface area contributed by atoms with Gasteiger partial charge in [-0.15, -0.1) is 0 Å². The second-order valence-electron chi connectivity index (χ2n) is 7.66. The molecule has 1 N–H and O–H groups in total. The number of benzene rings is 2. The van der Waals surface area contributed by atoms with Crippen molar-refractivity contribution >= 4 is 11.9 Å². The molecule has 0 aromatic heterocycles. The van der Waals surface area contributed by atoms with E-state index in [0.717, 1.165) is 24.2 Å². The van der Waals surface area contributed by atoms with Crippen LogP contribution >= 0.6 is 0 Å². The molecule has 0 spiro atoms. The molecule has 174 valence electrons. The fourth-order valence-corrected chi connectivity index (χ4v) is 3.36. The highest BCUT2D eigenvalue weighted by Gasteiger charge is 2.24. The number of hydrogen-bond donors (Lipinski definition) is 1. The molecule has 7 heteroatoms. The van der Waals surface area contributed by atoms with Crippen molar-refractivity contribution in [2.75, 3.05) is 27.9 Å². The first-order valence-electron chi connectivity index (χ1n) is 10.7. The van der Waals surface area contributed by atoms with Gasteiger partial charge in [0.25, 0.3) is 0 Å². The van der Waals surface area contributed by atoms with E-state index < -0.39 is 12.0 Å². The molecule has 2 rings (SSSR count). The minimum atomic E-state index is -0.916. The molecule has 0 saturated carbocycles. The van der Waals surface area contributed by atoms with Crippen molar-refractivity contribution in [3.8, 4) is 17.2 Å². The molecule has 2 aromatic rings. The molecular weight excluding hydrogens is 410 g/mol. The molecule has 32 heavy (non-hydrogen) atoms. The average Bonchev–Trinajstić information content (AvgIpc) is 2.81. The van der Waals surface area contributed by atoms with Gasteiger partial charge in [-0.25, -0.2) is 4.79 Å². The Morgan fingerprint density at radius 3 is 2.25 bits per heavy atom. The quantitative estimate of drug-likeness (QED) is 0.498. The lowest BCUT2D eigenvalue weighted by molar-refractivity contribution is -0.145. The number of nitrogens with one attached hydrogen (secondary N) is 1.